The third-order valence-electron chi connectivity index (χ3n) is 4.43. The van der Waals surface area contributed by atoms with Gasteiger partial charge in [-0.25, -0.2) is 0 Å². The highest BCUT2D eigenvalue weighted by molar-refractivity contribution is 5.79. The number of hydrogen-bond donors (Lipinski definition) is 1. The highest BCUT2D eigenvalue weighted by Crippen LogP contribution is 2.20. The molecule has 0 atom stereocenters. The van der Waals surface area contributed by atoms with E-state index in [0.29, 0.717) is 5.91 Å². The Morgan fingerprint density at radius 3 is 2.32 bits per heavy atom. The van der Waals surface area contributed by atoms with Gasteiger partial charge in [-0.3, -0.25) is 4.79 Å². The summed E-state index contributed by atoms with van der Waals surface area (Å²) in [5.41, 5.74) is 0. The molecule has 0 bridgehead atoms. The van der Waals surface area contributed by atoms with Crippen LogP contribution in [0.5, 0.6) is 0 Å². The van der Waals surface area contributed by atoms with E-state index in [-0.39, 0.29) is 5.92 Å². The van der Waals surface area contributed by atoms with Crippen LogP contribution in [0.2, 0.25) is 0 Å². The van der Waals surface area contributed by atoms with Crippen LogP contribution in [0.1, 0.15) is 12.8 Å². The lowest BCUT2D eigenvalue weighted by Crippen LogP contribution is -2.50. The Labute approximate surface area is 116 Å². The first-order chi connectivity index (χ1) is 9.20. The van der Waals surface area contributed by atoms with E-state index >= 15 is 0 Å². The summed E-state index contributed by atoms with van der Waals surface area (Å²) in [6, 6.07) is 0. The standard InChI is InChI=1S/C14H28N4O/c1-15-5-8-17-6-3-13(4-7-17)14(19)18-11-9-16(2)10-12-18/h13,15H,3-12H2,1-2H3. The number of piperidine rings is 1. The molecule has 0 unspecified atom stereocenters. The van der Waals surface area contributed by atoms with Gasteiger partial charge < -0.3 is 20.0 Å². The van der Waals surface area contributed by atoms with Gasteiger partial charge in [-0.1, -0.05) is 0 Å². The normalized spacial score (nSPS) is 23.8. The average Bonchev–Trinajstić information content (AvgIpc) is 2.46. The molecule has 0 radical (unpaired) electrons. The van der Waals surface area contributed by atoms with Crippen LogP contribution in [0, 0.1) is 5.92 Å². The zero-order valence-electron chi connectivity index (χ0n) is 12.4. The Kier molecular flexibility index (Phi) is 5.60. The highest BCUT2D eigenvalue weighted by atomic mass is 16.2. The maximum Gasteiger partial charge on any atom is 0.225 e. The summed E-state index contributed by atoms with van der Waals surface area (Å²) >= 11 is 0. The molecular weight excluding hydrogens is 240 g/mol. The Bertz CT molecular complexity index is 281. The fourth-order valence-corrected chi connectivity index (χ4v) is 2.96. The van der Waals surface area contributed by atoms with E-state index in [0.717, 1.165) is 65.2 Å². The molecule has 2 fully saturated rings. The van der Waals surface area contributed by atoms with Crippen LogP contribution in [0.3, 0.4) is 0 Å². The number of likely N-dealkylation sites (tertiary alicyclic amines) is 1. The van der Waals surface area contributed by atoms with E-state index in [4.69, 9.17) is 0 Å². The van der Waals surface area contributed by atoms with Crippen LogP contribution in [-0.4, -0.2) is 87.1 Å². The Morgan fingerprint density at radius 2 is 1.74 bits per heavy atom. The summed E-state index contributed by atoms with van der Waals surface area (Å²) in [4.78, 5) is 19.3. The number of carbonyl (C=O) groups is 1. The maximum atomic E-state index is 12.5. The number of amides is 1. The molecule has 0 aromatic carbocycles. The Morgan fingerprint density at radius 1 is 1.11 bits per heavy atom. The second kappa shape index (κ2) is 7.22. The van der Waals surface area contributed by atoms with Gasteiger partial charge in [0.25, 0.3) is 0 Å². The number of hydrogen-bond acceptors (Lipinski definition) is 4. The Hall–Kier alpha value is -0.650. The van der Waals surface area contributed by atoms with Crippen LogP contribution in [0.4, 0.5) is 0 Å². The first kappa shape index (κ1) is 14.8. The largest absolute Gasteiger partial charge is 0.340 e. The van der Waals surface area contributed by atoms with E-state index < -0.39 is 0 Å². The van der Waals surface area contributed by atoms with Crippen molar-refractivity contribution >= 4 is 5.91 Å². The topological polar surface area (TPSA) is 38.8 Å². The van der Waals surface area contributed by atoms with Crippen molar-refractivity contribution in [1.29, 1.82) is 0 Å². The summed E-state index contributed by atoms with van der Waals surface area (Å²) in [6.45, 7) is 8.16. The summed E-state index contributed by atoms with van der Waals surface area (Å²) < 4.78 is 0. The fraction of sp³-hybridized carbons (Fsp3) is 0.929. The quantitative estimate of drug-likeness (QED) is 0.759. The number of nitrogens with zero attached hydrogens (tertiary/aromatic N) is 3. The molecule has 5 heteroatoms. The monoisotopic (exact) mass is 268 g/mol. The Balaban J connectivity index is 1.73. The number of rotatable bonds is 4. The third-order valence-corrected chi connectivity index (χ3v) is 4.43. The smallest absolute Gasteiger partial charge is 0.225 e. The van der Waals surface area contributed by atoms with Gasteiger partial charge in [0.2, 0.25) is 5.91 Å². The molecule has 1 amide bonds. The number of carbonyl (C=O) groups excluding carboxylic acids is 1. The van der Waals surface area contributed by atoms with Gasteiger partial charge >= 0.3 is 0 Å². The van der Waals surface area contributed by atoms with Gasteiger partial charge in [-0.2, -0.15) is 0 Å². The number of piperazine rings is 1. The van der Waals surface area contributed by atoms with Crippen molar-refractivity contribution in [3.05, 3.63) is 0 Å². The lowest BCUT2D eigenvalue weighted by atomic mass is 9.95. The molecule has 5 nitrogen and oxygen atoms in total. The van der Waals surface area contributed by atoms with Gasteiger partial charge in [0, 0.05) is 45.2 Å². The van der Waals surface area contributed by atoms with Crippen LogP contribution < -0.4 is 5.32 Å². The molecule has 110 valence electrons. The van der Waals surface area contributed by atoms with Crippen molar-refractivity contribution in [1.82, 2.24) is 20.0 Å². The molecule has 2 heterocycles. The summed E-state index contributed by atoms with van der Waals surface area (Å²) in [5.74, 6) is 0.676. The molecule has 2 aliphatic rings. The molecule has 19 heavy (non-hydrogen) atoms. The summed E-state index contributed by atoms with van der Waals surface area (Å²) in [7, 11) is 4.12. The first-order valence-corrected chi connectivity index (χ1v) is 7.55. The maximum absolute atomic E-state index is 12.5. The van der Waals surface area contributed by atoms with Crippen molar-refractivity contribution in [3.63, 3.8) is 0 Å². The van der Waals surface area contributed by atoms with Crippen LogP contribution in [0.25, 0.3) is 0 Å². The second-order valence-corrected chi connectivity index (χ2v) is 5.85. The highest BCUT2D eigenvalue weighted by Gasteiger charge is 2.29. The lowest BCUT2D eigenvalue weighted by Gasteiger charge is -2.37. The molecule has 0 aliphatic carbocycles. The lowest BCUT2D eigenvalue weighted by molar-refractivity contribution is -0.138. The van der Waals surface area contributed by atoms with E-state index in [1.165, 1.54) is 0 Å². The summed E-state index contributed by atoms with van der Waals surface area (Å²) in [5, 5.41) is 3.18. The first-order valence-electron chi connectivity index (χ1n) is 7.55. The molecular formula is C14H28N4O. The zero-order chi connectivity index (χ0) is 13.7. The predicted molar refractivity (Wildman–Crippen MR) is 77.2 cm³/mol. The van der Waals surface area contributed by atoms with Gasteiger partial charge in [0.15, 0.2) is 0 Å². The van der Waals surface area contributed by atoms with Crippen molar-refractivity contribution < 1.29 is 4.79 Å². The van der Waals surface area contributed by atoms with Crippen molar-refractivity contribution in [2.24, 2.45) is 5.92 Å². The molecule has 2 aliphatic heterocycles. The minimum Gasteiger partial charge on any atom is -0.340 e. The molecule has 1 N–H and O–H groups in total. The zero-order valence-corrected chi connectivity index (χ0v) is 12.4. The molecule has 0 saturated carbocycles. The van der Waals surface area contributed by atoms with Crippen molar-refractivity contribution in [2.75, 3.05) is 66.5 Å². The van der Waals surface area contributed by atoms with Crippen LogP contribution >= 0.6 is 0 Å². The SMILES string of the molecule is CNCCN1CCC(C(=O)N2CCN(C)CC2)CC1. The average molecular weight is 268 g/mol. The molecule has 0 aromatic heterocycles. The minimum atomic E-state index is 0.272. The van der Waals surface area contributed by atoms with E-state index in [1.54, 1.807) is 0 Å². The van der Waals surface area contributed by atoms with E-state index in [2.05, 4.69) is 27.1 Å². The van der Waals surface area contributed by atoms with Crippen LogP contribution in [0.15, 0.2) is 0 Å². The minimum absolute atomic E-state index is 0.272. The molecule has 0 spiro atoms. The van der Waals surface area contributed by atoms with Crippen molar-refractivity contribution in [2.45, 2.75) is 12.8 Å². The van der Waals surface area contributed by atoms with Crippen molar-refractivity contribution in [3.8, 4) is 0 Å². The molecule has 2 saturated heterocycles. The fourth-order valence-electron chi connectivity index (χ4n) is 2.96. The summed E-state index contributed by atoms with van der Waals surface area (Å²) in [6.07, 6.45) is 2.07. The predicted octanol–water partition coefficient (Wildman–Crippen LogP) is -0.308. The molecule has 2 rings (SSSR count). The number of nitrogens with one attached hydrogen (secondary N) is 1. The third kappa shape index (κ3) is 4.16. The second-order valence-electron chi connectivity index (χ2n) is 5.85. The number of likely N-dealkylation sites (N-methyl/N-ethyl adjacent to an activating group) is 2. The van der Waals surface area contributed by atoms with Crippen LogP contribution in [-0.2, 0) is 4.79 Å². The van der Waals surface area contributed by atoms with Gasteiger partial charge in [0.1, 0.15) is 0 Å². The van der Waals surface area contributed by atoms with E-state index in [1.807, 2.05) is 7.05 Å². The van der Waals surface area contributed by atoms with Gasteiger partial charge in [0.05, 0.1) is 0 Å². The molecule has 0 aromatic rings. The van der Waals surface area contributed by atoms with E-state index in [9.17, 15) is 4.79 Å². The van der Waals surface area contributed by atoms with Gasteiger partial charge in [-0.05, 0) is 40.0 Å². The van der Waals surface area contributed by atoms with Gasteiger partial charge in [-0.15, -0.1) is 0 Å².